The molecule has 0 bridgehead atoms. The number of amides is 1. The molecular formula is C40H48F2N7O3+. The number of hydrogen-bond acceptors (Lipinski definition) is 7. The fourth-order valence-corrected chi connectivity index (χ4v) is 5.44. The molecule has 0 saturated carbocycles. The number of terminal acetylenes is 1. The predicted molar refractivity (Wildman–Crippen MR) is 205 cm³/mol. The van der Waals surface area contributed by atoms with Gasteiger partial charge in [-0.2, -0.15) is 9.68 Å². The smallest absolute Gasteiger partial charge is 0.248 e. The summed E-state index contributed by atoms with van der Waals surface area (Å²) in [7, 11) is 3.90. The van der Waals surface area contributed by atoms with Gasteiger partial charge in [-0.05, 0) is 52.1 Å². The predicted octanol–water partition coefficient (Wildman–Crippen LogP) is 6.62. The lowest BCUT2D eigenvalue weighted by Gasteiger charge is -2.29. The zero-order chi connectivity index (χ0) is 37.6. The number of likely N-dealkylation sites (N-methyl/N-ethyl adjacent to an activating group) is 1. The van der Waals surface area contributed by atoms with Crippen LogP contribution in [0, 0.1) is 30.9 Å². The van der Waals surface area contributed by atoms with Gasteiger partial charge in [-0.1, -0.05) is 32.1 Å². The van der Waals surface area contributed by atoms with Gasteiger partial charge < -0.3 is 24.6 Å². The number of fused-ring (bicyclic) bond motifs is 2. The highest BCUT2D eigenvalue weighted by Gasteiger charge is 2.37. The number of anilines is 1. The van der Waals surface area contributed by atoms with Gasteiger partial charge in [0.2, 0.25) is 23.1 Å². The van der Waals surface area contributed by atoms with Crippen LogP contribution in [-0.4, -0.2) is 96.5 Å². The second-order valence-corrected chi connectivity index (χ2v) is 12.3. The molecule has 3 heterocycles. The van der Waals surface area contributed by atoms with Gasteiger partial charge in [0, 0.05) is 55.9 Å². The number of carbonyl (C=O) groups excluding carboxylic acids is 1. The molecule has 0 aromatic heterocycles. The first-order valence-electron chi connectivity index (χ1n) is 17.3. The summed E-state index contributed by atoms with van der Waals surface area (Å²) < 4.78 is 45.1. The van der Waals surface area contributed by atoms with E-state index in [1.807, 2.05) is 75.9 Å². The summed E-state index contributed by atoms with van der Waals surface area (Å²) in [5, 5.41) is 8.87. The van der Waals surface area contributed by atoms with E-state index in [1.54, 1.807) is 41.9 Å². The van der Waals surface area contributed by atoms with Gasteiger partial charge in [0.25, 0.3) is 0 Å². The largest absolute Gasteiger partial charge is 0.475 e. The summed E-state index contributed by atoms with van der Waals surface area (Å²) >= 11 is 0. The molecule has 12 heteroatoms. The average molecular weight is 713 g/mol. The van der Waals surface area contributed by atoms with E-state index in [2.05, 4.69) is 25.9 Å². The van der Waals surface area contributed by atoms with Crippen molar-refractivity contribution in [3.8, 4) is 23.8 Å². The summed E-state index contributed by atoms with van der Waals surface area (Å²) in [5.74, 6) is 1.97. The van der Waals surface area contributed by atoms with E-state index in [0.29, 0.717) is 55.6 Å². The van der Waals surface area contributed by atoms with Crippen LogP contribution in [0.15, 0.2) is 82.9 Å². The highest BCUT2D eigenvalue weighted by molar-refractivity contribution is 6.12. The van der Waals surface area contributed by atoms with Crippen LogP contribution >= 0.6 is 0 Å². The van der Waals surface area contributed by atoms with E-state index in [0.717, 1.165) is 41.9 Å². The van der Waals surface area contributed by atoms with E-state index in [1.165, 1.54) is 0 Å². The Morgan fingerprint density at radius 1 is 1.21 bits per heavy atom. The number of allylic oxidation sites excluding steroid dienone is 2. The molecule has 0 spiro atoms. The first kappa shape index (κ1) is 39.2. The number of hydrazone groups is 1. The molecule has 0 unspecified atom stereocenters. The lowest BCUT2D eigenvalue weighted by atomic mass is 10.0. The van der Waals surface area contributed by atoms with Crippen LogP contribution in [-0.2, 0) is 4.79 Å². The van der Waals surface area contributed by atoms with Gasteiger partial charge in [-0.3, -0.25) is 9.80 Å². The van der Waals surface area contributed by atoms with E-state index >= 15 is 8.78 Å². The highest BCUT2D eigenvalue weighted by atomic mass is 19.1. The topological polar surface area (TPSA) is 85.0 Å². The second kappa shape index (κ2) is 19.2. The van der Waals surface area contributed by atoms with Gasteiger partial charge in [0.15, 0.2) is 30.5 Å². The number of ether oxygens (including phenoxy) is 2. The van der Waals surface area contributed by atoms with Crippen LogP contribution < -0.4 is 14.8 Å². The van der Waals surface area contributed by atoms with Crippen molar-refractivity contribution in [2.24, 2.45) is 10.1 Å². The van der Waals surface area contributed by atoms with E-state index < -0.39 is 11.6 Å². The molecule has 0 atom stereocenters. The standard InChI is InChI=1S/C36H42F2N7O3.C4H6/c1-6-8-15-39-36(41-30-21-29(38)32(22-28(30)37)48-27-13-17-44(18-14-27)40-7-2)34-25(3)11-12-31-35(34)47-24-26-23-43(19-20-45(26)31)33(46)10-9-16-42(4)5;1-3-4-2/h7-15,17,21-22H,6,16,18-20,23-24H2,1-5H3,(H,39,41);1H,4H2,2H3/q+1;/b10-9+,15-8+,40-7-;. The monoisotopic (exact) mass is 712 g/mol. The number of nitrogens with zero attached hydrogens (tertiary/aromatic N) is 6. The SMILES string of the molecule is C#CCC.C/C=N\N1C=CC(Oc2cc(F)c(NC(=N/C=C/CC)c3c(C)ccc4c3OCC3=[N+]4CCN(C(=O)/C=C/CN(C)C)C3)cc2F)=CC1. The zero-order valence-corrected chi connectivity index (χ0v) is 30.8. The summed E-state index contributed by atoms with van der Waals surface area (Å²) in [6, 6.07) is 6.01. The molecule has 3 aliphatic rings. The minimum atomic E-state index is -0.739. The van der Waals surface area contributed by atoms with E-state index in [4.69, 9.17) is 15.9 Å². The van der Waals surface area contributed by atoms with Crippen LogP contribution in [0.25, 0.3) is 0 Å². The lowest BCUT2D eigenvalue weighted by molar-refractivity contribution is -0.453. The molecule has 274 valence electrons. The minimum absolute atomic E-state index is 0.0355. The number of nitrogens with one attached hydrogen (secondary N) is 1. The molecule has 10 nitrogen and oxygen atoms in total. The molecule has 0 aliphatic carbocycles. The molecule has 0 fully saturated rings. The van der Waals surface area contributed by atoms with Crippen molar-refractivity contribution in [3.05, 3.63) is 95.6 Å². The van der Waals surface area contributed by atoms with Crippen molar-refractivity contribution in [2.75, 3.05) is 58.7 Å². The van der Waals surface area contributed by atoms with Gasteiger partial charge in [0.1, 0.15) is 18.1 Å². The number of benzene rings is 2. The fourth-order valence-electron chi connectivity index (χ4n) is 5.44. The van der Waals surface area contributed by atoms with Gasteiger partial charge in [0.05, 0.1) is 24.3 Å². The highest BCUT2D eigenvalue weighted by Crippen LogP contribution is 2.38. The number of aryl methyl sites for hydroxylation is 1. The Labute approximate surface area is 305 Å². The van der Waals surface area contributed by atoms with Crippen molar-refractivity contribution in [1.29, 1.82) is 0 Å². The quantitative estimate of drug-likeness (QED) is 0.0981. The summed E-state index contributed by atoms with van der Waals surface area (Å²) in [6.45, 7) is 10.6. The van der Waals surface area contributed by atoms with Crippen LogP contribution in [0.1, 0.15) is 44.7 Å². The summed E-state index contributed by atoms with van der Waals surface area (Å²) in [6.07, 6.45) is 20.1. The molecule has 0 radical (unpaired) electrons. The third kappa shape index (κ3) is 10.3. The number of hydrogen-bond donors (Lipinski definition) is 1. The van der Waals surface area contributed by atoms with Crippen molar-refractivity contribution in [3.63, 3.8) is 0 Å². The number of amidine groups is 1. The molecule has 3 aliphatic heterocycles. The molecule has 1 amide bonds. The Balaban J connectivity index is 0.00000144. The third-order valence-corrected chi connectivity index (χ3v) is 8.05. The van der Waals surface area contributed by atoms with Crippen LogP contribution in [0.5, 0.6) is 11.5 Å². The van der Waals surface area contributed by atoms with E-state index in [-0.39, 0.29) is 24.0 Å². The van der Waals surface area contributed by atoms with Crippen LogP contribution in [0.3, 0.4) is 0 Å². The van der Waals surface area contributed by atoms with Crippen molar-refractivity contribution in [2.45, 2.75) is 40.5 Å². The van der Waals surface area contributed by atoms with Crippen molar-refractivity contribution in [1.82, 2.24) is 14.8 Å². The molecule has 5 rings (SSSR count). The zero-order valence-electron chi connectivity index (χ0n) is 30.8. The van der Waals surface area contributed by atoms with Crippen molar-refractivity contribution >= 4 is 35.0 Å². The maximum atomic E-state index is 15.6. The maximum absolute atomic E-state index is 15.6. The molecule has 2 aromatic rings. The Morgan fingerprint density at radius 3 is 2.67 bits per heavy atom. The molecule has 0 saturated heterocycles. The van der Waals surface area contributed by atoms with Crippen molar-refractivity contribution < 1.29 is 27.6 Å². The first-order chi connectivity index (χ1) is 25.1. The Hall–Kier alpha value is -5.54. The summed E-state index contributed by atoms with van der Waals surface area (Å²) in [5.41, 5.74) is 3.16. The Bertz CT molecular complexity index is 1870. The average Bonchev–Trinajstić information content (AvgIpc) is 3.13. The second-order valence-electron chi connectivity index (χ2n) is 12.3. The number of aliphatic imine (C=N–C) groups is 1. The Kier molecular flexibility index (Phi) is 14.5. The van der Waals surface area contributed by atoms with E-state index in [9.17, 15) is 4.79 Å². The fraction of sp³-hybridized carbons (Fsp3) is 0.350. The lowest BCUT2D eigenvalue weighted by Crippen LogP contribution is -2.49. The van der Waals surface area contributed by atoms with Crippen LogP contribution in [0.4, 0.5) is 20.2 Å². The van der Waals surface area contributed by atoms with Gasteiger partial charge in [-0.25, -0.2) is 13.8 Å². The number of halogens is 2. The number of carbonyl (C=O) groups is 1. The normalized spacial score (nSPS) is 15.7. The minimum Gasteiger partial charge on any atom is -0.475 e. The number of rotatable bonds is 10. The first-order valence-corrected chi connectivity index (χ1v) is 17.3. The Morgan fingerprint density at radius 2 is 2.00 bits per heavy atom. The molecule has 52 heavy (non-hydrogen) atoms. The summed E-state index contributed by atoms with van der Waals surface area (Å²) in [4.78, 5) is 21.3. The maximum Gasteiger partial charge on any atom is 0.248 e. The van der Waals surface area contributed by atoms with Crippen LogP contribution in [0.2, 0.25) is 0 Å². The molecule has 1 N–H and O–H groups in total. The third-order valence-electron chi connectivity index (χ3n) is 8.05. The van der Waals surface area contributed by atoms with Gasteiger partial charge in [-0.15, -0.1) is 12.3 Å². The van der Waals surface area contributed by atoms with Gasteiger partial charge >= 0.3 is 0 Å². The molecule has 2 aromatic carbocycles. The molecular weight excluding hydrogens is 664 g/mol.